The maximum absolute atomic E-state index is 6.07. The Morgan fingerprint density at radius 2 is 1.79 bits per heavy atom. The van der Waals surface area contributed by atoms with Crippen LogP contribution in [0.5, 0.6) is 0 Å². The monoisotopic (exact) mass is 264 g/mol. The third-order valence-electron chi connectivity index (χ3n) is 6.12. The van der Waals surface area contributed by atoms with E-state index in [1.165, 1.54) is 64.5 Å². The standard InChI is InChI=1S/C17H32N2/c1-2-9-19(17-7-5-16(18)6-8-17)12-15-11-13-3-4-14(15)10-13/h13-17H,2-12,18H2,1H3. The van der Waals surface area contributed by atoms with Crippen LogP contribution in [0.3, 0.4) is 0 Å². The van der Waals surface area contributed by atoms with Gasteiger partial charge in [0.1, 0.15) is 0 Å². The maximum atomic E-state index is 6.07. The molecule has 2 nitrogen and oxygen atoms in total. The van der Waals surface area contributed by atoms with Gasteiger partial charge in [-0.15, -0.1) is 0 Å². The van der Waals surface area contributed by atoms with Crippen LogP contribution in [-0.2, 0) is 0 Å². The van der Waals surface area contributed by atoms with Gasteiger partial charge in [0.2, 0.25) is 0 Å². The summed E-state index contributed by atoms with van der Waals surface area (Å²) in [7, 11) is 0. The van der Waals surface area contributed by atoms with Crippen LogP contribution in [0.1, 0.15) is 64.7 Å². The molecule has 0 radical (unpaired) electrons. The summed E-state index contributed by atoms with van der Waals surface area (Å²) in [6.07, 6.45) is 12.7. The third-order valence-corrected chi connectivity index (χ3v) is 6.12. The van der Waals surface area contributed by atoms with E-state index in [1.807, 2.05) is 0 Å². The van der Waals surface area contributed by atoms with Gasteiger partial charge < -0.3 is 10.6 Å². The van der Waals surface area contributed by atoms with Gasteiger partial charge in [-0.3, -0.25) is 0 Å². The molecule has 0 aromatic rings. The smallest absolute Gasteiger partial charge is 0.00965 e. The first kappa shape index (κ1) is 13.9. The maximum Gasteiger partial charge on any atom is 0.00965 e. The van der Waals surface area contributed by atoms with Gasteiger partial charge in [-0.1, -0.05) is 13.3 Å². The fourth-order valence-electron chi connectivity index (χ4n) is 5.08. The van der Waals surface area contributed by atoms with E-state index in [1.54, 1.807) is 6.42 Å². The zero-order valence-electron chi connectivity index (χ0n) is 12.7. The largest absolute Gasteiger partial charge is 0.328 e. The van der Waals surface area contributed by atoms with Gasteiger partial charge in [-0.05, 0) is 75.7 Å². The lowest BCUT2D eigenvalue weighted by Crippen LogP contribution is -2.44. The predicted molar refractivity (Wildman–Crippen MR) is 81.0 cm³/mol. The molecule has 110 valence electrons. The molecule has 0 heterocycles. The molecule has 0 aromatic carbocycles. The minimum Gasteiger partial charge on any atom is -0.328 e. The second kappa shape index (κ2) is 6.13. The van der Waals surface area contributed by atoms with Crippen molar-refractivity contribution in [2.75, 3.05) is 13.1 Å². The zero-order valence-corrected chi connectivity index (χ0v) is 12.7. The first-order chi connectivity index (χ1) is 9.26. The normalized spacial score (nSPS) is 42.2. The highest BCUT2D eigenvalue weighted by atomic mass is 15.2. The molecule has 3 saturated carbocycles. The number of hydrogen-bond acceptors (Lipinski definition) is 2. The highest BCUT2D eigenvalue weighted by Crippen LogP contribution is 2.48. The average Bonchev–Trinajstić information content (AvgIpc) is 3.01. The molecule has 3 atom stereocenters. The molecule has 0 aromatic heterocycles. The van der Waals surface area contributed by atoms with Crippen LogP contribution in [0.25, 0.3) is 0 Å². The van der Waals surface area contributed by atoms with Gasteiger partial charge in [0.15, 0.2) is 0 Å². The Labute approximate surface area is 119 Å². The van der Waals surface area contributed by atoms with E-state index >= 15 is 0 Å². The van der Waals surface area contributed by atoms with E-state index in [2.05, 4.69) is 11.8 Å². The third kappa shape index (κ3) is 3.16. The van der Waals surface area contributed by atoms with Crippen LogP contribution in [0, 0.1) is 17.8 Å². The van der Waals surface area contributed by atoms with Crippen molar-refractivity contribution < 1.29 is 0 Å². The number of fused-ring (bicyclic) bond motifs is 2. The molecule has 2 bridgehead atoms. The minimum atomic E-state index is 0.488. The Bertz CT molecular complexity index is 283. The number of nitrogens with two attached hydrogens (primary N) is 1. The Morgan fingerprint density at radius 3 is 2.37 bits per heavy atom. The van der Waals surface area contributed by atoms with E-state index < -0.39 is 0 Å². The lowest BCUT2D eigenvalue weighted by atomic mass is 9.86. The number of hydrogen-bond donors (Lipinski definition) is 1. The molecule has 3 aliphatic carbocycles. The lowest BCUT2D eigenvalue weighted by molar-refractivity contribution is 0.111. The Hall–Kier alpha value is -0.0800. The van der Waals surface area contributed by atoms with Crippen molar-refractivity contribution in [3.63, 3.8) is 0 Å². The summed E-state index contributed by atoms with van der Waals surface area (Å²) >= 11 is 0. The van der Waals surface area contributed by atoms with Crippen LogP contribution in [0.15, 0.2) is 0 Å². The van der Waals surface area contributed by atoms with Gasteiger partial charge in [0.05, 0.1) is 0 Å². The zero-order chi connectivity index (χ0) is 13.2. The molecular weight excluding hydrogens is 232 g/mol. The highest BCUT2D eigenvalue weighted by molar-refractivity contribution is 4.92. The molecular formula is C17H32N2. The second-order valence-corrected chi connectivity index (χ2v) is 7.50. The molecule has 0 amide bonds. The molecule has 0 saturated heterocycles. The van der Waals surface area contributed by atoms with Gasteiger partial charge in [-0.2, -0.15) is 0 Å². The topological polar surface area (TPSA) is 29.3 Å². The van der Waals surface area contributed by atoms with Crippen LogP contribution >= 0.6 is 0 Å². The van der Waals surface area contributed by atoms with E-state index in [-0.39, 0.29) is 0 Å². The summed E-state index contributed by atoms with van der Waals surface area (Å²) in [6, 6.07) is 1.33. The summed E-state index contributed by atoms with van der Waals surface area (Å²) in [6.45, 7) is 5.05. The first-order valence-electron chi connectivity index (χ1n) is 8.76. The van der Waals surface area contributed by atoms with Crippen molar-refractivity contribution in [2.24, 2.45) is 23.5 Å². The van der Waals surface area contributed by atoms with E-state index in [0.717, 1.165) is 23.8 Å². The van der Waals surface area contributed by atoms with Crippen LogP contribution in [0.4, 0.5) is 0 Å². The van der Waals surface area contributed by atoms with Gasteiger partial charge in [0, 0.05) is 18.6 Å². The van der Waals surface area contributed by atoms with E-state index in [0.29, 0.717) is 6.04 Å². The molecule has 3 unspecified atom stereocenters. The number of rotatable bonds is 5. The van der Waals surface area contributed by atoms with Crippen molar-refractivity contribution in [1.82, 2.24) is 4.90 Å². The fraction of sp³-hybridized carbons (Fsp3) is 1.00. The van der Waals surface area contributed by atoms with Crippen molar-refractivity contribution >= 4 is 0 Å². The van der Waals surface area contributed by atoms with Gasteiger partial charge >= 0.3 is 0 Å². The van der Waals surface area contributed by atoms with E-state index in [4.69, 9.17) is 5.73 Å². The summed E-state index contributed by atoms with van der Waals surface area (Å²) in [4.78, 5) is 2.84. The SMILES string of the molecule is CCCN(CC1CC2CCC1C2)C1CCC(N)CC1. The molecule has 19 heavy (non-hydrogen) atoms. The Morgan fingerprint density at radius 1 is 1.00 bits per heavy atom. The van der Waals surface area contributed by atoms with Crippen LogP contribution < -0.4 is 5.73 Å². The van der Waals surface area contributed by atoms with Crippen molar-refractivity contribution in [1.29, 1.82) is 0 Å². The number of nitrogens with zero attached hydrogens (tertiary/aromatic N) is 1. The fourth-order valence-corrected chi connectivity index (χ4v) is 5.08. The summed E-state index contributed by atoms with van der Waals surface area (Å²) < 4.78 is 0. The summed E-state index contributed by atoms with van der Waals surface area (Å²) in [5.41, 5.74) is 6.07. The molecule has 3 aliphatic rings. The van der Waals surface area contributed by atoms with Crippen molar-refractivity contribution in [3.05, 3.63) is 0 Å². The first-order valence-corrected chi connectivity index (χ1v) is 8.76. The van der Waals surface area contributed by atoms with Gasteiger partial charge in [-0.25, -0.2) is 0 Å². The van der Waals surface area contributed by atoms with Crippen LogP contribution in [-0.4, -0.2) is 30.1 Å². The molecule has 2 N–H and O–H groups in total. The molecule has 0 spiro atoms. The predicted octanol–water partition coefficient (Wildman–Crippen LogP) is 3.40. The van der Waals surface area contributed by atoms with Gasteiger partial charge in [0.25, 0.3) is 0 Å². The van der Waals surface area contributed by atoms with Crippen molar-refractivity contribution in [3.8, 4) is 0 Å². The second-order valence-electron chi connectivity index (χ2n) is 7.50. The summed E-state index contributed by atoms with van der Waals surface area (Å²) in [5, 5.41) is 0. The molecule has 3 fully saturated rings. The quantitative estimate of drug-likeness (QED) is 0.824. The molecule has 2 heteroatoms. The van der Waals surface area contributed by atoms with Crippen molar-refractivity contribution in [2.45, 2.75) is 76.8 Å². The Kier molecular flexibility index (Phi) is 4.48. The summed E-state index contributed by atoms with van der Waals surface area (Å²) in [5.74, 6) is 3.20. The Balaban J connectivity index is 1.55. The molecule has 0 aliphatic heterocycles. The molecule has 3 rings (SSSR count). The minimum absolute atomic E-state index is 0.488. The lowest BCUT2D eigenvalue weighted by Gasteiger charge is -2.38. The average molecular weight is 264 g/mol. The highest BCUT2D eigenvalue weighted by Gasteiger charge is 2.40. The van der Waals surface area contributed by atoms with Crippen LogP contribution in [0.2, 0.25) is 0 Å². The van der Waals surface area contributed by atoms with E-state index in [9.17, 15) is 0 Å².